The molecule has 18 heavy (non-hydrogen) atoms. The molecular weight excluding hydrogens is 228 g/mol. The summed E-state index contributed by atoms with van der Waals surface area (Å²) in [5, 5.41) is 0. The lowest BCUT2D eigenvalue weighted by Crippen LogP contribution is -2.38. The molecule has 0 spiro atoms. The van der Waals surface area contributed by atoms with E-state index in [1.165, 1.54) is 0 Å². The molecule has 0 radical (unpaired) electrons. The van der Waals surface area contributed by atoms with Crippen molar-refractivity contribution in [2.45, 2.75) is 51.7 Å². The van der Waals surface area contributed by atoms with Gasteiger partial charge in [-0.3, -0.25) is 4.79 Å². The first-order chi connectivity index (χ1) is 8.60. The molecule has 104 valence electrons. The average Bonchev–Trinajstić information content (AvgIpc) is 2.75. The Hall–Kier alpha value is -0.610. The highest BCUT2D eigenvalue weighted by Crippen LogP contribution is 2.33. The number of hydrogen-bond acceptors (Lipinski definition) is 3. The van der Waals surface area contributed by atoms with Crippen LogP contribution in [0.4, 0.5) is 0 Å². The van der Waals surface area contributed by atoms with Crippen molar-refractivity contribution in [3.63, 3.8) is 0 Å². The van der Waals surface area contributed by atoms with Crippen molar-refractivity contribution in [1.29, 1.82) is 0 Å². The number of carbonyl (C=O) groups is 1. The molecule has 2 aliphatic rings. The topological polar surface area (TPSA) is 55.6 Å². The van der Waals surface area contributed by atoms with Crippen LogP contribution >= 0.6 is 0 Å². The van der Waals surface area contributed by atoms with Crippen LogP contribution in [0.5, 0.6) is 0 Å². The highest BCUT2D eigenvalue weighted by molar-refractivity contribution is 5.76. The zero-order chi connectivity index (χ0) is 13.1. The Bertz CT molecular complexity index is 288. The van der Waals surface area contributed by atoms with Crippen LogP contribution in [0.3, 0.4) is 0 Å². The molecular formula is C14H26N2O2. The molecule has 0 bridgehead atoms. The number of likely N-dealkylation sites (tertiary alicyclic amines) is 1. The molecule has 0 aromatic carbocycles. The van der Waals surface area contributed by atoms with E-state index in [0.717, 1.165) is 39.0 Å². The van der Waals surface area contributed by atoms with Crippen LogP contribution in [0.2, 0.25) is 0 Å². The van der Waals surface area contributed by atoms with Crippen LogP contribution in [0, 0.1) is 11.8 Å². The summed E-state index contributed by atoms with van der Waals surface area (Å²) < 4.78 is 5.52. The van der Waals surface area contributed by atoms with Gasteiger partial charge in [-0.15, -0.1) is 0 Å². The molecule has 2 atom stereocenters. The Kier molecular flexibility index (Phi) is 4.62. The third-order valence-electron chi connectivity index (χ3n) is 4.38. The Morgan fingerprint density at radius 3 is 2.78 bits per heavy atom. The average molecular weight is 254 g/mol. The predicted molar refractivity (Wildman–Crippen MR) is 71.1 cm³/mol. The first-order valence-electron chi connectivity index (χ1n) is 7.25. The number of ether oxygens (including phenoxy) is 1. The lowest BCUT2D eigenvalue weighted by molar-refractivity contribution is -0.133. The standard InChI is InChI=1S/C14H26N2O2/c1-3-18-13-6-11(7-13)8-14(17)16-5-4-12(9-16)10(2)15/h10-13H,3-9,15H2,1-2H3. The van der Waals surface area contributed by atoms with Gasteiger partial charge in [0.2, 0.25) is 5.91 Å². The first kappa shape index (κ1) is 13.8. The molecule has 1 saturated heterocycles. The molecule has 0 aromatic rings. The molecule has 2 N–H and O–H groups in total. The minimum Gasteiger partial charge on any atom is -0.378 e. The number of hydrogen-bond donors (Lipinski definition) is 1. The summed E-state index contributed by atoms with van der Waals surface area (Å²) in [7, 11) is 0. The van der Waals surface area contributed by atoms with Gasteiger partial charge >= 0.3 is 0 Å². The maximum absolute atomic E-state index is 12.1. The monoisotopic (exact) mass is 254 g/mol. The number of rotatable bonds is 5. The summed E-state index contributed by atoms with van der Waals surface area (Å²) in [6, 6.07) is 0.203. The maximum atomic E-state index is 12.1. The minimum absolute atomic E-state index is 0.203. The number of nitrogens with two attached hydrogens (primary N) is 1. The van der Waals surface area contributed by atoms with Crippen LogP contribution in [-0.4, -0.2) is 42.6 Å². The van der Waals surface area contributed by atoms with Gasteiger partial charge in [0.15, 0.2) is 0 Å². The van der Waals surface area contributed by atoms with Gasteiger partial charge in [-0.2, -0.15) is 0 Å². The fourth-order valence-corrected chi connectivity index (χ4v) is 3.03. The Morgan fingerprint density at radius 1 is 1.50 bits per heavy atom. The molecule has 4 heteroatoms. The van der Waals surface area contributed by atoms with Gasteiger partial charge in [0.25, 0.3) is 0 Å². The van der Waals surface area contributed by atoms with E-state index < -0.39 is 0 Å². The summed E-state index contributed by atoms with van der Waals surface area (Å²) in [6.07, 6.45) is 4.29. The van der Waals surface area contributed by atoms with Gasteiger partial charge in [0, 0.05) is 32.2 Å². The van der Waals surface area contributed by atoms with Gasteiger partial charge in [0.1, 0.15) is 0 Å². The summed E-state index contributed by atoms with van der Waals surface area (Å²) in [5.41, 5.74) is 5.90. The van der Waals surface area contributed by atoms with Crippen molar-refractivity contribution in [2.75, 3.05) is 19.7 Å². The molecule has 2 rings (SSSR count). The van der Waals surface area contributed by atoms with Crippen LogP contribution < -0.4 is 5.73 Å². The molecule has 4 nitrogen and oxygen atoms in total. The molecule has 1 aliphatic carbocycles. The van der Waals surface area contributed by atoms with Gasteiger partial charge in [0.05, 0.1) is 6.10 Å². The Balaban J connectivity index is 1.67. The van der Waals surface area contributed by atoms with Crippen molar-refractivity contribution in [1.82, 2.24) is 4.90 Å². The van der Waals surface area contributed by atoms with Crippen LogP contribution in [0.25, 0.3) is 0 Å². The maximum Gasteiger partial charge on any atom is 0.222 e. The molecule has 1 aliphatic heterocycles. The van der Waals surface area contributed by atoms with E-state index in [9.17, 15) is 4.79 Å². The van der Waals surface area contributed by atoms with Crippen LogP contribution in [0.1, 0.15) is 39.5 Å². The third-order valence-corrected chi connectivity index (χ3v) is 4.38. The molecule has 1 saturated carbocycles. The number of nitrogens with zero attached hydrogens (tertiary/aromatic N) is 1. The number of carbonyl (C=O) groups excluding carboxylic acids is 1. The highest BCUT2D eigenvalue weighted by Gasteiger charge is 2.34. The number of amides is 1. The van der Waals surface area contributed by atoms with Gasteiger partial charge in [-0.05, 0) is 44.9 Å². The van der Waals surface area contributed by atoms with Crippen LogP contribution in [0.15, 0.2) is 0 Å². The van der Waals surface area contributed by atoms with E-state index in [4.69, 9.17) is 10.5 Å². The van der Waals surface area contributed by atoms with Gasteiger partial charge in [-0.25, -0.2) is 0 Å². The summed E-state index contributed by atoms with van der Waals surface area (Å²) in [6.45, 7) is 6.60. The second-order valence-electron chi connectivity index (χ2n) is 5.87. The summed E-state index contributed by atoms with van der Waals surface area (Å²) >= 11 is 0. The van der Waals surface area contributed by atoms with E-state index >= 15 is 0 Å². The van der Waals surface area contributed by atoms with Gasteiger partial charge in [-0.1, -0.05) is 0 Å². The fourth-order valence-electron chi connectivity index (χ4n) is 3.03. The summed E-state index contributed by atoms with van der Waals surface area (Å²) in [4.78, 5) is 14.1. The SMILES string of the molecule is CCOC1CC(CC(=O)N2CCC(C(C)N)C2)C1. The van der Waals surface area contributed by atoms with E-state index in [-0.39, 0.29) is 6.04 Å². The lowest BCUT2D eigenvalue weighted by Gasteiger charge is -2.35. The molecule has 0 aromatic heterocycles. The quantitative estimate of drug-likeness (QED) is 0.806. The third kappa shape index (κ3) is 3.23. The lowest BCUT2D eigenvalue weighted by atomic mass is 9.80. The van der Waals surface area contributed by atoms with Crippen LogP contribution in [-0.2, 0) is 9.53 Å². The first-order valence-corrected chi connectivity index (χ1v) is 7.25. The van der Waals surface area contributed by atoms with Crippen molar-refractivity contribution >= 4 is 5.91 Å². The Labute approximate surface area is 110 Å². The normalized spacial score (nSPS) is 33.3. The van der Waals surface area contributed by atoms with E-state index in [0.29, 0.717) is 30.3 Å². The van der Waals surface area contributed by atoms with E-state index in [1.807, 2.05) is 18.7 Å². The highest BCUT2D eigenvalue weighted by atomic mass is 16.5. The zero-order valence-corrected chi connectivity index (χ0v) is 11.6. The molecule has 2 fully saturated rings. The second kappa shape index (κ2) is 6.02. The van der Waals surface area contributed by atoms with Crippen molar-refractivity contribution < 1.29 is 9.53 Å². The predicted octanol–water partition coefficient (Wildman–Crippen LogP) is 1.39. The van der Waals surface area contributed by atoms with E-state index in [2.05, 4.69) is 0 Å². The Morgan fingerprint density at radius 2 is 2.22 bits per heavy atom. The zero-order valence-electron chi connectivity index (χ0n) is 11.6. The second-order valence-corrected chi connectivity index (χ2v) is 5.87. The smallest absolute Gasteiger partial charge is 0.222 e. The van der Waals surface area contributed by atoms with E-state index in [1.54, 1.807) is 0 Å². The van der Waals surface area contributed by atoms with Crippen molar-refractivity contribution in [3.8, 4) is 0 Å². The summed E-state index contributed by atoms with van der Waals surface area (Å²) in [5.74, 6) is 1.35. The fraction of sp³-hybridized carbons (Fsp3) is 0.929. The molecule has 2 unspecified atom stereocenters. The largest absolute Gasteiger partial charge is 0.378 e. The molecule has 1 heterocycles. The van der Waals surface area contributed by atoms with Gasteiger partial charge < -0.3 is 15.4 Å². The molecule has 1 amide bonds. The van der Waals surface area contributed by atoms with Crippen molar-refractivity contribution in [2.24, 2.45) is 17.6 Å². The minimum atomic E-state index is 0.203. The van der Waals surface area contributed by atoms with Crippen molar-refractivity contribution in [3.05, 3.63) is 0 Å².